The highest BCUT2D eigenvalue weighted by atomic mass is 15.1. The highest BCUT2D eigenvalue weighted by molar-refractivity contribution is 5.37. The van der Waals surface area contributed by atoms with Crippen LogP contribution in [0.3, 0.4) is 0 Å². The smallest absolute Gasteiger partial charge is 0.0311 e. The Bertz CT molecular complexity index is 237. The molecule has 0 amide bonds. The second kappa shape index (κ2) is 3.06. The van der Waals surface area contributed by atoms with E-state index in [1.807, 2.05) is 0 Å². The lowest BCUT2D eigenvalue weighted by Crippen LogP contribution is -2.27. The second-order valence-electron chi connectivity index (χ2n) is 3.83. The average Bonchev–Trinajstić information content (AvgIpc) is 2.40. The van der Waals surface area contributed by atoms with Crippen molar-refractivity contribution in [3.05, 3.63) is 23.3 Å². The van der Waals surface area contributed by atoms with Crippen LogP contribution in [0.2, 0.25) is 0 Å². The Morgan fingerprint density at radius 3 is 3.17 bits per heavy atom. The molecule has 2 rings (SSSR count). The Hall–Kier alpha value is -0.560. The van der Waals surface area contributed by atoms with Crippen molar-refractivity contribution in [1.29, 1.82) is 0 Å². The Kier molecular flexibility index (Phi) is 2.05. The minimum absolute atomic E-state index is 0.741. The molecule has 1 atom stereocenters. The van der Waals surface area contributed by atoms with Crippen molar-refractivity contribution >= 4 is 0 Å². The molecule has 0 radical (unpaired) electrons. The van der Waals surface area contributed by atoms with Crippen molar-refractivity contribution in [1.82, 2.24) is 4.90 Å². The third-order valence-corrected chi connectivity index (χ3v) is 3.05. The van der Waals surface area contributed by atoms with Crippen molar-refractivity contribution in [3.8, 4) is 0 Å². The van der Waals surface area contributed by atoms with E-state index in [0.717, 1.165) is 6.04 Å². The summed E-state index contributed by atoms with van der Waals surface area (Å²) in [7, 11) is 2.24. The van der Waals surface area contributed by atoms with E-state index in [2.05, 4.69) is 31.0 Å². The van der Waals surface area contributed by atoms with Crippen LogP contribution >= 0.6 is 0 Å². The fraction of sp³-hybridized carbons (Fsp3) is 0.636. The van der Waals surface area contributed by atoms with Gasteiger partial charge in [-0.25, -0.2) is 0 Å². The van der Waals surface area contributed by atoms with E-state index in [1.54, 1.807) is 11.1 Å². The summed E-state index contributed by atoms with van der Waals surface area (Å²) in [5, 5.41) is 0. The molecule has 0 aromatic rings. The minimum atomic E-state index is 0.741. The summed E-state index contributed by atoms with van der Waals surface area (Å²) < 4.78 is 0. The minimum Gasteiger partial charge on any atom is -0.295 e. The van der Waals surface area contributed by atoms with Crippen LogP contribution in [0.1, 0.15) is 26.2 Å². The molecule has 0 N–H and O–H groups in total. The molecule has 0 aromatic carbocycles. The topological polar surface area (TPSA) is 3.24 Å². The zero-order chi connectivity index (χ0) is 8.55. The molecule has 1 unspecified atom stereocenters. The van der Waals surface area contributed by atoms with E-state index >= 15 is 0 Å². The zero-order valence-electron chi connectivity index (χ0n) is 8.01. The van der Waals surface area contributed by atoms with Crippen molar-refractivity contribution in [2.24, 2.45) is 0 Å². The average molecular weight is 163 g/mol. The van der Waals surface area contributed by atoms with Crippen LogP contribution in [0, 0.1) is 0 Å². The number of hydrogen-bond acceptors (Lipinski definition) is 1. The van der Waals surface area contributed by atoms with Gasteiger partial charge in [0.1, 0.15) is 0 Å². The fourth-order valence-corrected chi connectivity index (χ4v) is 2.47. The summed E-state index contributed by atoms with van der Waals surface area (Å²) in [4.78, 5) is 2.47. The number of nitrogens with zero attached hydrogens (tertiary/aromatic N) is 1. The fourth-order valence-electron chi connectivity index (χ4n) is 2.47. The summed E-state index contributed by atoms with van der Waals surface area (Å²) in [6.07, 6.45) is 8.46. The SMILES string of the molecule is CCC1C2=C(C=CCC2)CN1C. The quantitative estimate of drug-likeness (QED) is 0.573. The Morgan fingerprint density at radius 1 is 1.58 bits per heavy atom. The van der Waals surface area contributed by atoms with Crippen LogP contribution in [0.25, 0.3) is 0 Å². The Balaban J connectivity index is 2.25. The predicted molar refractivity (Wildman–Crippen MR) is 52.1 cm³/mol. The molecular formula is C11H17N. The lowest BCUT2D eigenvalue weighted by atomic mass is 9.94. The summed E-state index contributed by atoms with van der Waals surface area (Å²) in [6, 6.07) is 0.741. The van der Waals surface area contributed by atoms with E-state index in [0.29, 0.717) is 0 Å². The molecule has 0 saturated heterocycles. The highest BCUT2D eigenvalue weighted by Crippen LogP contribution is 2.32. The summed E-state index contributed by atoms with van der Waals surface area (Å²) in [5.74, 6) is 0. The molecule has 0 spiro atoms. The predicted octanol–water partition coefficient (Wildman–Crippen LogP) is 2.36. The first-order chi connectivity index (χ1) is 5.83. The monoisotopic (exact) mass is 163 g/mol. The summed E-state index contributed by atoms with van der Waals surface area (Å²) >= 11 is 0. The molecular weight excluding hydrogens is 146 g/mol. The van der Waals surface area contributed by atoms with E-state index in [-0.39, 0.29) is 0 Å². The van der Waals surface area contributed by atoms with Crippen LogP contribution in [0.4, 0.5) is 0 Å². The van der Waals surface area contributed by atoms with Gasteiger partial charge in [0.2, 0.25) is 0 Å². The van der Waals surface area contributed by atoms with Gasteiger partial charge in [0, 0.05) is 12.6 Å². The van der Waals surface area contributed by atoms with E-state index in [9.17, 15) is 0 Å². The zero-order valence-corrected chi connectivity index (χ0v) is 8.01. The maximum absolute atomic E-state index is 2.47. The van der Waals surface area contributed by atoms with Gasteiger partial charge < -0.3 is 0 Å². The first kappa shape index (κ1) is 8.06. The Labute approximate surface area is 74.8 Å². The van der Waals surface area contributed by atoms with Gasteiger partial charge in [0.05, 0.1) is 0 Å². The third kappa shape index (κ3) is 1.13. The van der Waals surface area contributed by atoms with Crippen LogP contribution < -0.4 is 0 Å². The molecule has 0 bridgehead atoms. The van der Waals surface area contributed by atoms with Crippen LogP contribution in [0.15, 0.2) is 23.3 Å². The standard InChI is InChI=1S/C11H17N/c1-3-11-10-7-5-4-6-9(10)8-12(11)2/h4,6,11H,3,5,7-8H2,1-2H3. The lowest BCUT2D eigenvalue weighted by molar-refractivity contribution is 0.313. The largest absolute Gasteiger partial charge is 0.295 e. The molecule has 1 aliphatic heterocycles. The molecule has 1 nitrogen and oxygen atoms in total. The molecule has 1 heteroatoms. The first-order valence-corrected chi connectivity index (χ1v) is 4.91. The van der Waals surface area contributed by atoms with Crippen molar-refractivity contribution in [3.63, 3.8) is 0 Å². The number of likely N-dealkylation sites (N-methyl/N-ethyl adjacent to an activating group) is 1. The van der Waals surface area contributed by atoms with Gasteiger partial charge in [0.15, 0.2) is 0 Å². The van der Waals surface area contributed by atoms with Crippen molar-refractivity contribution < 1.29 is 0 Å². The number of allylic oxidation sites excluding steroid dienone is 1. The molecule has 0 saturated carbocycles. The molecule has 0 fully saturated rings. The van der Waals surface area contributed by atoms with E-state index in [4.69, 9.17) is 0 Å². The molecule has 0 aromatic heterocycles. The maximum Gasteiger partial charge on any atom is 0.0311 e. The maximum atomic E-state index is 2.47. The van der Waals surface area contributed by atoms with Crippen molar-refractivity contribution in [2.45, 2.75) is 32.2 Å². The molecule has 1 heterocycles. The van der Waals surface area contributed by atoms with Gasteiger partial charge >= 0.3 is 0 Å². The van der Waals surface area contributed by atoms with E-state index < -0.39 is 0 Å². The first-order valence-electron chi connectivity index (χ1n) is 4.91. The lowest BCUT2D eigenvalue weighted by Gasteiger charge is -2.21. The number of rotatable bonds is 1. The van der Waals surface area contributed by atoms with Gasteiger partial charge in [0.25, 0.3) is 0 Å². The summed E-state index contributed by atoms with van der Waals surface area (Å²) in [5.41, 5.74) is 3.30. The van der Waals surface area contributed by atoms with Gasteiger partial charge in [-0.1, -0.05) is 19.1 Å². The number of hydrogen-bond donors (Lipinski definition) is 0. The van der Waals surface area contributed by atoms with Crippen LogP contribution in [0.5, 0.6) is 0 Å². The highest BCUT2D eigenvalue weighted by Gasteiger charge is 2.27. The van der Waals surface area contributed by atoms with Crippen LogP contribution in [-0.4, -0.2) is 24.5 Å². The summed E-state index contributed by atoms with van der Waals surface area (Å²) in [6.45, 7) is 3.46. The molecule has 2 aliphatic rings. The van der Waals surface area contributed by atoms with Crippen LogP contribution in [-0.2, 0) is 0 Å². The third-order valence-electron chi connectivity index (χ3n) is 3.05. The van der Waals surface area contributed by atoms with Gasteiger partial charge in [-0.2, -0.15) is 0 Å². The molecule has 66 valence electrons. The van der Waals surface area contributed by atoms with E-state index in [1.165, 1.54) is 25.8 Å². The van der Waals surface area contributed by atoms with Gasteiger partial charge in [-0.15, -0.1) is 0 Å². The van der Waals surface area contributed by atoms with Gasteiger partial charge in [-0.05, 0) is 37.5 Å². The normalized spacial score (nSPS) is 29.7. The van der Waals surface area contributed by atoms with Crippen molar-refractivity contribution in [2.75, 3.05) is 13.6 Å². The Morgan fingerprint density at radius 2 is 2.42 bits per heavy atom. The van der Waals surface area contributed by atoms with Gasteiger partial charge in [-0.3, -0.25) is 4.90 Å². The molecule has 12 heavy (non-hydrogen) atoms. The molecule has 1 aliphatic carbocycles. The second-order valence-corrected chi connectivity index (χ2v) is 3.83.